The van der Waals surface area contributed by atoms with E-state index in [1.165, 1.54) is 55.6 Å². The van der Waals surface area contributed by atoms with E-state index in [4.69, 9.17) is 4.98 Å². The quantitative estimate of drug-likeness (QED) is 0.904. The minimum Gasteiger partial charge on any atom is -0.353 e. The number of piperidine rings is 1. The van der Waals surface area contributed by atoms with E-state index in [0.29, 0.717) is 0 Å². The second kappa shape index (κ2) is 5.49. The summed E-state index contributed by atoms with van der Waals surface area (Å²) in [7, 11) is 1.98. The molecule has 1 aliphatic heterocycles. The number of aromatic nitrogens is 1. The van der Waals surface area contributed by atoms with Gasteiger partial charge < -0.3 is 10.2 Å². The fourth-order valence-corrected chi connectivity index (χ4v) is 3.94. The Bertz CT molecular complexity index is 444. The van der Waals surface area contributed by atoms with E-state index >= 15 is 0 Å². The van der Waals surface area contributed by atoms with Crippen LogP contribution in [0.3, 0.4) is 0 Å². The Morgan fingerprint density at radius 2 is 2.16 bits per heavy atom. The van der Waals surface area contributed by atoms with Gasteiger partial charge in [0.1, 0.15) is 5.82 Å². The smallest absolute Gasteiger partial charge is 0.131 e. The van der Waals surface area contributed by atoms with Crippen LogP contribution in [0.1, 0.15) is 43.2 Å². The van der Waals surface area contributed by atoms with Crippen LogP contribution in [-0.4, -0.2) is 24.6 Å². The molecular weight excluding hydrogens is 234 g/mol. The van der Waals surface area contributed by atoms with Crippen molar-refractivity contribution < 1.29 is 0 Å². The minimum atomic E-state index is 0.759. The Kier molecular flexibility index (Phi) is 3.74. The van der Waals surface area contributed by atoms with Crippen molar-refractivity contribution in [2.45, 2.75) is 51.6 Å². The van der Waals surface area contributed by atoms with Crippen LogP contribution in [0, 0.1) is 12.8 Å². The third-order valence-electron chi connectivity index (χ3n) is 4.75. The Labute approximate surface area is 116 Å². The number of nitrogens with one attached hydrogen (secondary N) is 1. The monoisotopic (exact) mass is 259 g/mol. The van der Waals surface area contributed by atoms with Gasteiger partial charge >= 0.3 is 0 Å². The third kappa shape index (κ3) is 2.48. The summed E-state index contributed by atoms with van der Waals surface area (Å²) >= 11 is 0. The van der Waals surface area contributed by atoms with Crippen molar-refractivity contribution in [1.82, 2.24) is 10.3 Å². The van der Waals surface area contributed by atoms with Crippen molar-refractivity contribution in [2.75, 3.05) is 18.5 Å². The number of hydrogen-bond donors (Lipinski definition) is 1. The highest BCUT2D eigenvalue weighted by atomic mass is 15.2. The van der Waals surface area contributed by atoms with Crippen molar-refractivity contribution in [2.24, 2.45) is 5.92 Å². The molecule has 104 valence electrons. The number of nitrogens with zero attached hydrogens (tertiary/aromatic N) is 2. The van der Waals surface area contributed by atoms with Crippen LogP contribution < -0.4 is 10.2 Å². The first kappa shape index (κ1) is 12.9. The molecule has 3 heteroatoms. The third-order valence-corrected chi connectivity index (χ3v) is 4.75. The Morgan fingerprint density at radius 1 is 1.32 bits per heavy atom. The van der Waals surface area contributed by atoms with Crippen molar-refractivity contribution in [3.8, 4) is 0 Å². The summed E-state index contributed by atoms with van der Waals surface area (Å²) < 4.78 is 0. The molecule has 2 fully saturated rings. The summed E-state index contributed by atoms with van der Waals surface area (Å²) in [5.41, 5.74) is 2.61. The molecule has 0 spiro atoms. The molecule has 0 radical (unpaired) electrons. The lowest BCUT2D eigenvalue weighted by atomic mass is 9.91. The van der Waals surface area contributed by atoms with Gasteiger partial charge in [-0.2, -0.15) is 0 Å². The van der Waals surface area contributed by atoms with Crippen LogP contribution >= 0.6 is 0 Å². The number of rotatable bonds is 3. The zero-order valence-corrected chi connectivity index (χ0v) is 12.2. The van der Waals surface area contributed by atoms with Crippen molar-refractivity contribution >= 4 is 5.82 Å². The molecule has 3 nitrogen and oxygen atoms in total. The van der Waals surface area contributed by atoms with E-state index in [1.54, 1.807) is 0 Å². The second-order valence-electron chi connectivity index (χ2n) is 6.11. The van der Waals surface area contributed by atoms with Gasteiger partial charge in [0.15, 0.2) is 0 Å². The molecule has 1 aliphatic carbocycles. The fourth-order valence-electron chi connectivity index (χ4n) is 3.94. The molecule has 1 N–H and O–H groups in total. The van der Waals surface area contributed by atoms with E-state index in [2.05, 4.69) is 23.2 Å². The minimum absolute atomic E-state index is 0.759. The van der Waals surface area contributed by atoms with E-state index < -0.39 is 0 Å². The van der Waals surface area contributed by atoms with Gasteiger partial charge in [0.25, 0.3) is 0 Å². The SMILES string of the molecule is CNCc1cnc(N2CCCC3CCCC32)c(C)c1. The summed E-state index contributed by atoms with van der Waals surface area (Å²) in [5, 5.41) is 3.19. The van der Waals surface area contributed by atoms with Gasteiger partial charge in [-0.25, -0.2) is 4.98 Å². The van der Waals surface area contributed by atoms with Gasteiger partial charge in [-0.1, -0.05) is 6.42 Å². The normalized spacial score (nSPS) is 26.5. The summed E-state index contributed by atoms with van der Waals surface area (Å²) in [6.07, 6.45) is 9.00. The molecular formula is C16H25N3. The van der Waals surface area contributed by atoms with Crippen LogP contribution in [-0.2, 0) is 6.54 Å². The maximum atomic E-state index is 4.77. The van der Waals surface area contributed by atoms with Crippen molar-refractivity contribution in [3.05, 3.63) is 23.4 Å². The Hall–Kier alpha value is -1.09. The molecule has 2 heterocycles. The Balaban J connectivity index is 1.84. The molecule has 1 aromatic rings. The summed E-state index contributed by atoms with van der Waals surface area (Å²) in [6.45, 7) is 4.31. The summed E-state index contributed by atoms with van der Waals surface area (Å²) in [4.78, 5) is 7.36. The molecule has 0 aromatic carbocycles. The first-order valence-corrected chi connectivity index (χ1v) is 7.66. The first-order chi connectivity index (χ1) is 9.29. The van der Waals surface area contributed by atoms with Crippen LogP contribution in [0.4, 0.5) is 5.82 Å². The van der Waals surface area contributed by atoms with Gasteiger partial charge in [-0.15, -0.1) is 0 Å². The highest BCUT2D eigenvalue weighted by Gasteiger charge is 2.35. The highest BCUT2D eigenvalue weighted by Crippen LogP contribution is 2.39. The maximum absolute atomic E-state index is 4.77. The zero-order chi connectivity index (χ0) is 13.2. The first-order valence-electron chi connectivity index (χ1n) is 7.66. The number of pyridine rings is 1. The van der Waals surface area contributed by atoms with Crippen molar-refractivity contribution in [3.63, 3.8) is 0 Å². The van der Waals surface area contributed by atoms with E-state index in [1.807, 2.05) is 13.2 Å². The maximum Gasteiger partial charge on any atom is 0.131 e. The zero-order valence-electron chi connectivity index (χ0n) is 12.2. The van der Waals surface area contributed by atoms with E-state index in [0.717, 1.165) is 18.5 Å². The predicted octanol–water partition coefficient (Wildman–Crippen LogP) is 2.88. The molecule has 2 aliphatic rings. The second-order valence-corrected chi connectivity index (χ2v) is 6.11. The van der Waals surface area contributed by atoms with Crippen LogP contribution in [0.25, 0.3) is 0 Å². The molecule has 1 saturated heterocycles. The summed E-state index contributed by atoms with van der Waals surface area (Å²) in [5.74, 6) is 2.16. The topological polar surface area (TPSA) is 28.2 Å². The molecule has 19 heavy (non-hydrogen) atoms. The van der Waals surface area contributed by atoms with E-state index in [9.17, 15) is 0 Å². The lowest BCUT2D eigenvalue weighted by Crippen LogP contribution is -2.43. The average Bonchev–Trinajstić information content (AvgIpc) is 2.88. The molecule has 3 rings (SSSR count). The van der Waals surface area contributed by atoms with Crippen LogP contribution in [0.15, 0.2) is 12.3 Å². The molecule has 2 unspecified atom stereocenters. The Morgan fingerprint density at radius 3 is 2.95 bits per heavy atom. The van der Waals surface area contributed by atoms with Gasteiger partial charge in [0.2, 0.25) is 0 Å². The number of fused-ring (bicyclic) bond motifs is 1. The molecule has 1 aromatic heterocycles. The van der Waals surface area contributed by atoms with E-state index in [-0.39, 0.29) is 0 Å². The predicted molar refractivity (Wildman–Crippen MR) is 79.4 cm³/mol. The number of anilines is 1. The molecule has 1 saturated carbocycles. The lowest BCUT2D eigenvalue weighted by molar-refractivity contribution is 0.360. The van der Waals surface area contributed by atoms with Crippen molar-refractivity contribution in [1.29, 1.82) is 0 Å². The lowest BCUT2D eigenvalue weighted by Gasteiger charge is -2.39. The van der Waals surface area contributed by atoms with Gasteiger partial charge in [0.05, 0.1) is 0 Å². The number of hydrogen-bond acceptors (Lipinski definition) is 3. The van der Waals surface area contributed by atoms with Gasteiger partial charge in [-0.05, 0) is 62.8 Å². The number of aryl methyl sites for hydroxylation is 1. The van der Waals surface area contributed by atoms with Gasteiger partial charge in [0, 0.05) is 25.3 Å². The molecule has 0 amide bonds. The molecule has 0 bridgehead atoms. The summed E-state index contributed by atoms with van der Waals surface area (Å²) in [6, 6.07) is 3.05. The average molecular weight is 259 g/mol. The fraction of sp³-hybridized carbons (Fsp3) is 0.688. The highest BCUT2D eigenvalue weighted by molar-refractivity contribution is 5.49. The standard InChI is InChI=1S/C16H25N3/c1-12-9-13(10-17-2)11-18-16(12)19-8-4-6-14-5-3-7-15(14)19/h9,11,14-15,17H,3-8,10H2,1-2H3. The van der Waals surface area contributed by atoms with Crippen LogP contribution in [0.5, 0.6) is 0 Å². The van der Waals surface area contributed by atoms with Gasteiger partial charge in [-0.3, -0.25) is 0 Å². The largest absolute Gasteiger partial charge is 0.353 e. The molecule has 2 atom stereocenters. The van der Waals surface area contributed by atoms with Crippen LogP contribution in [0.2, 0.25) is 0 Å².